The molecule has 0 radical (unpaired) electrons. The van der Waals surface area contributed by atoms with E-state index in [1.54, 1.807) is 12.1 Å². The van der Waals surface area contributed by atoms with Gasteiger partial charge >= 0.3 is 6.03 Å². The van der Waals surface area contributed by atoms with E-state index in [9.17, 15) is 14.7 Å². The van der Waals surface area contributed by atoms with Crippen LogP contribution in [0.3, 0.4) is 0 Å². The van der Waals surface area contributed by atoms with E-state index < -0.39 is 5.60 Å². The van der Waals surface area contributed by atoms with E-state index in [2.05, 4.69) is 20.9 Å². The molecule has 1 saturated carbocycles. The van der Waals surface area contributed by atoms with E-state index in [-0.39, 0.29) is 18.5 Å². The van der Waals surface area contributed by atoms with Gasteiger partial charge in [0.1, 0.15) is 0 Å². The highest BCUT2D eigenvalue weighted by atomic mass is 16.3. The van der Waals surface area contributed by atoms with Gasteiger partial charge in [-0.1, -0.05) is 12.1 Å². The van der Waals surface area contributed by atoms with Gasteiger partial charge in [-0.05, 0) is 50.4 Å². The van der Waals surface area contributed by atoms with Crippen LogP contribution >= 0.6 is 0 Å². The Labute approximate surface area is 154 Å². The number of hydrogen-bond acceptors (Lipinski definition) is 4. The molecule has 0 atom stereocenters. The number of piperidine rings is 1. The van der Waals surface area contributed by atoms with Gasteiger partial charge < -0.3 is 26.0 Å². The lowest BCUT2D eigenvalue weighted by atomic mass is 9.92. The number of rotatable bonds is 6. The fourth-order valence-electron chi connectivity index (χ4n) is 3.03. The van der Waals surface area contributed by atoms with Crippen LogP contribution in [0.25, 0.3) is 0 Å². The number of anilines is 1. The first-order chi connectivity index (χ1) is 12.4. The SMILES string of the molecule is CN1CCC(O)(CNC(=O)Nc2ccc(CC(=O)NC3CC3)cc2)CC1. The Bertz CT molecular complexity index is 635. The number of nitrogens with one attached hydrogen (secondary N) is 3. The highest BCUT2D eigenvalue weighted by Gasteiger charge is 2.31. The number of carbonyl (C=O) groups is 2. The second kappa shape index (κ2) is 8.05. The van der Waals surface area contributed by atoms with Crippen LogP contribution in [-0.4, -0.2) is 60.3 Å². The molecule has 1 aromatic carbocycles. The van der Waals surface area contributed by atoms with E-state index in [1.807, 2.05) is 19.2 Å². The second-order valence-electron chi connectivity index (χ2n) is 7.55. The molecule has 2 fully saturated rings. The molecule has 7 nitrogen and oxygen atoms in total. The number of nitrogens with zero attached hydrogens (tertiary/aromatic N) is 1. The summed E-state index contributed by atoms with van der Waals surface area (Å²) in [5.74, 6) is 0.0392. The van der Waals surface area contributed by atoms with E-state index in [0.29, 0.717) is 31.0 Å². The minimum Gasteiger partial charge on any atom is -0.388 e. The lowest BCUT2D eigenvalue weighted by molar-refractivity contribution is -0.120. The molecule has 1 saturated heterocycles. The van der Waals surface area contributed by atoms with Crippen molar-refractivity contribution in [2.75, 3.05) is 32.0 Å². The van der Waals surface area contributed by atoms with Crippen LogP contribution in [-0.2, 0) is 11.2 Å². The molecule has 26 heavy (non-hydrogen) atoms. The van der Waals surface area contributed by atoms with Gasteiger partial charge in [0.05, 0.1) is 12.0 Å². The summed E-state index contributed by atoms with van der Waals surface area (Å²) in [6.45, 7) is 1.90. The summed E-state index contributed by atoms with van der Waals surface area (Å²) in [6.07, 6.45) is 3.82. The van der Waals surface area contributed by atoms with E-state index in [1.165, 1.54) is 0 Å². The van der Waals surface area contributed by atoms with Gasteiger partial charge in [0.25, 0.3) is 0 Å². The zero-order chi connectivity index (χ0) is 18.6. The quantitative estimate of drug-likeness (QED) is 0.611. The summed E-state index contributed by atoms with van der Waals surface area (Å²) in [5.41, 5.74) is 0.738. The average Bonchev–Trinajstić information content (AvgIpc) is 3.42. The molecule has 1 aliphatic carbocycles. The van der Waals surface area contributed by atoms with Crippen LogP contribution in [0.1, 0.15) is 31.2 Å². The molecule has 3 amide bonds. The van der Waals surface area contributed by atoms with Crippen LogP contribution in [0.4, 0.5) is 10.5 Å². The summed E-state index contributed by atoms with van der Waals surface area (Å²) in [6, 6.07) is 7.27. The standard InChI is InChI=1S/C19H28N4O3/c1-23-10-8-19(26,9-11-23)13-20-18(25)22-16-4-2-14(3-5-16)12-17(24)21-15-6-7-15/h2-5,15,26H,6-13H2,1H3,(H,21,24)(H2,20,22,25). The molecule has 1 aromatic rings. The van der Waals surface area contributed by atoms with Crippen molar-refractivity contribution in [2.45, 2.75) is 43.7 Å². The molecule has 2 aliphatic rings. The number of amides is 3. The smallest absolute Gasteiger partial charge is 0.319 e. The lowest BCUT2D eigenvalue weighted by Crippen LogP contribution is -2.50. The fourth-order valence-corrected chi connectivity index (χ4v) is 3.03. The zero-order valence-corrected chi connectivity index (χ0v) is 15.3. The van der Waals surface area contributed by atoms with Crippen LogP contribution in [0.15, 0.2) is 24.3 Å². The van der Waals surface area contributed by atoms with Gasteiger partial charge in [0.2, 0.25) is 5.91 Å². The highest BCUT2D eigenvalue weighted by Crippen LogP contribution is 2.20. The molecule has 0 aromatic heterocycles. The maximum Gasteiger partial charge on any atom is 0.319 e. The summed E-state index contributed by atoms with van der Waals surface area (Å²) in [5, 5.41) is 18.9. The number of urea groups is 1. The van der Waals surface area contributed by atoms with Crippen molar-refractivity contribution in [3.63, 3.8) is 0 Å². The number of benzene rings is 1. The molecular weight excluding hydrogens is 332 g/mol. The first kappa shape index (κ1) is 18.7. The molecule has 7 heteroatoms. The van der Waals surface area contributed by atoms with Gasteiger partial charge in [0.15, 0.2) is 0 Å². The predicted octanol–water partition coefficient (Wildman–Crippen LogP) is 1.09. The maximum absolute atomic E-state index is 12.0. The van der Waals surface area contributed by atoms with Gasteiger partial charge in [-0.3, -0.25) is 4.79 Å². The Morgan fingerprint density at radius 1 is 1.19 bits per heavy atom. The Morgan fingerprint density at radius 2 is 1.85 bits per heavy atom. The molecular formula is C19H28N4O3. The van der Waals surface area contributed by atoms with Crippen molar-refractivity contribution in [2.24, 2.45) is 0 Å². The Kier molecular flexibility index (Phi) is 5.78. The largest absolute Gasteiger partial charge is 0.388 e. The first-order valence-electron chi connectivity index (χ1n) is 9.26. The molecule has 0 spiro atoms. The van der Waals surface area contributed by atoms with E-state index in [0.717, 1.165) is 31.5 Å². The molecule has 3 rings (SSSR count). The highest BCUT2D eigenvalue weighted by molar-refractivity contribution is 5.89. The third kappa shape index (κ3) is 5.71. The number of aliphatic hydroxyl groups is 1. The summed E-state index contributed by atoms with van der Waals surface area (Å²) in [7, 11) is 2.03. The van der Waals surface area contributed by atoms with Crippen molar-refractivity contribution >= 4 is 17.6 Å². The minimum atomic E-state index is -0.831. The summed E-state index contributed by atoms with van der Waals surface area (Å²) in [4.78, 5) is 26.0. The van der Waals surface area contributed by atoms with Crippen LogP contribution in [0.5, 0.6) is 0 Å². The monoisotopic (exact) mass is 360 g/mol. The number of carbonyl (C=O) groups excluding carboxylic acids is 2. The van der Waals surface area contributed by atoms with Crippen molar-refractivity contribution in [1.29, 1.82) is 0 Å². The fraction of sp³-hybridized carbons (Fsp3) is 0.579. The van der Waals surface area contributed by atoms with Gasteiger partial charge in [-0.15, -0.1) is 0 Å². The lowest BCUT2D eigenvalue weighted by Gasteiger charge is -2.36. The number of hydrogen-bond donors (Lipinski definition) is 4. The normalized spacial score (nSPS) is 19.6. The zero-order valence-electron chi connectivity index (χ0n) is 15.3. The predicted molar refractivity (Wildman–Crippen MR) is 100 cm³/mol. The first-order valence-corrected chi connectivity index (χ1v) is 9.26. The van der Waals surface area contributed by atoms with E-state index in [4.69, 9.17) is 0 Å². The average molecular weight is 360 g/mol. The Balaban J connectivity index is 1.41. The second-order valence-corrected chi connectivity index (χ2v) is 7.55. The van der Waals surface area contributed by atoms with Crippen LogP contribution in [0, 0.1) is 0 Å². The third-order valence-electron chi connectivity index (χ3n) is 5.01. The Hall–Kier alpha value is -2.12. The molecule has 0 bridgehead atoms. The molecule has 1 heterocycles. The van der Waals surface area contributed by atoms with Gasteiger partial charge in [-0.25, -0.2) is 4.79 Å². The number of likely N-dealkylation sites (tertiary alicyclic amines) is 1. The third-order valence-corrected chi connectivity index (χ3v) is 5.01. The van der Waals surface area contributed by atoms with Crippen molar-refractivity contribution < 1.29 is 14.7 Å². The van der Waals surface area contributed by atoms with Crippen LogP contribution < -0.4 is 16.0 Å². The van der Waals surface area contributed by atoms with E-state index >= 15 is 0 Å². The summed E-state index contributed by atoms with van der Waals surface area (Å²) >= 11 is 0. The topological polar surface area (TPSA) is 93.7 Å². The molecule has 4 N–H and O–H groups in total. The van der Waals surface area contributed by atoms with Crippen molar-refractivity contribution in [3.05, 3.63) is 29.8 Å². The molecule has 0 unspecified atom stereocenters. The van der Waals surface area contributed by atoms with Gasteiger partial charge in [-0.2, -0.15) is 0 Å². The Morgan fingerprint density at radius 3 is 2.46 bits per heavy atom. The van der Waals surface area contributed by atoms with Crippen molar-refractivity contribution in [1.82, 2.24) is 15.5 Å². The molecule has 1 aliphatic heterocycles. The van der Waals surface area contributed by atoms with Gasteiger partial charge in [0, 0.05) is 31.4 Å². The van der Waals surface area contributed by atoms with Crippen LogP contribution in [0.2, 0.25) is 0 Å². The van der Waals surface area contributed by atoms with Crippen molar-refractivity contribution in [3.8, 4) is 0 Å². The summed E-state index contributed by atoms with van der Waals surface area (Å²) < 4.78 is 0. The molecule has 142 valence electrons. The maximum atomic E-state index is 12.0. The minimum absolute atomic E-state index is 0.0392.